The molecule has 0 heterocycles. The van der Waals surface area contributed by atoms with Crippen LogP contribution in [0.5, 0.6) is 5.75 Å². The molecule has 0 spiro atoms. The van der Waals surface area contributed by atoms with E-state index in [-0.39, 0.29) is 0 Å². The predicted octanol–water partition coefficient (Wildman–Crippen LogP) is 2.31. The number of para-hydroxylation sites is 1. The lowest BCUT2D eigenvalue weighted by molar-refractivity contribution is 0.112. The van der Waals surface area contributed by atoms with E-state index < -0.39 is 0 Å². The van der Waals surface area contributed by atoms with Gasteiger partial charge < -0.3 is 4.74 Å². The molecule has 0 aromatic heterocycles. The van der Waals surface area contributed by atoms with Gasteiger partial charge in [0.25, 0.3) is 0 Å². The van der Waals surface area contributed by atoms with E-state index in [0.29, 0.717) is 17.9 Å². The molecule has 0 unspecified atom stereocenters. The summed E-state index contributed by atoms with van der Waals surface area (Å²) in [5.74, 6) is 0.671. The van der Waals surface area contributed by atoms with Crippen LogP contribution in [0.15, 0.2) is 24.3 Å². The second kappa shape index (κ2) is 5.13. The molecule has 0 bridgehead atoms. The van der Waals surface area contributed by atoms with Crippen LogP contribution in [0.1, 0.15) is 10.4 Å². The first kappa shape index (κ1) is 9.51. The van der Waals surface area contributed by atoms with Gasteiger partial charge in [0.05, 0.1) is 12.2 Å². The molecule has 0 radical (unpaired) electrons. The highest BCUT2D eigenvalue weighted by molar-refractivity contribution is 14.1. The number of halogens is 1. The van der Waals surface area contributed by atoms with E-state index >= 15 is 0 Å². The molecule has 0 aliphatic rings. The Balaban J connectivity index is 2.75. The average Bonchev–Trinajstić information content (AvgIpc) is 2.15. The van der Waals surface area contributed by atoms with Crippen LogP contribution < -0.4 is 4.74 Å². The summed E-state index contributed by atoms with van der Waals surface area (Å²) >= 11 is 2.22. The Labute approximate surface area is 85.1 Å². The van der Waals surface area contributed by atoms with E-state index in [9.17, 15) is 4.79 Å². The molecule has 1 aromatic carbocycles. The van der Waals surface area contributed by atoms with Crippen LogP contribution >= 0.6 is 22.6 Å². The van der Waals surface area contributed by atoms with Crippen LogP contribution in [-0.4, -0.2) is 17.3 Å². The number of carbonyl (C=O) groups is 1. The molecule has 0 aliphatic heterocycles. The smallest absolute Gasteiger partial charge is 0.153 e. The van der Waals surface area contributed by atoms with Crippen LogP contribution in [-0.2, 0) is 0 Å². The highest BCUT2D eigenvalue weighted by Crippen LogP contribution is 2.15. The number of benzene rings is 1. The summed E-state index contributed by atoms with van der Waals surface area (Å²) in [7, 11) is 0. The lowest BCUT2D eigenvalue weighted by Gasteiger charge is -2.05. The Bertz CT molecular complexity index is 260. The van der Waals surface area contributed by atoms with Gasteiger partial charge in [-0.3, -0.25) is 4.79 Å². The standard InChI is InChI=1S/C9H9IO2/c10-5-6-12-9-4-2-1-3-8(9)7-11/h1-4,7H,5-6H2. The van der Waals surface area contributed by atoms with Crippen molar-refractivity contribution in [1.82, 2.24) is 0 Å². The van der Waals surface area contributed by atoms with Gasteiger partial charge in [-0.05, 0) is 12.1 Å². The van der Waals surface area contributed by atoms with Crippen LogP contribution in [0.25, 0.3) is 0 Å². The zero-order valence-electron chi connectivity index (χ0n) is 6.50. The summed E-state index contributed by atoms with van der Waals surface area (Å²) in [6.07, 6.45) is 0.808. The minimum Gasteiger partial charge on any atom is -0.492 e. The van der Waals surface area contributed by atoms with Gasteiger partial charge in [0.2, 0.25) is 0 Å². The zero-order valence-corrected chi connectivity index (χ0v) is 8.65. The molecular formula is C9H9IO2. The molecule has 1 rings (SSSR count). The molecular weight excluding hydrogens is 267 g/mol. The van der Waals surface area contributed by atoms with Crippen LogP contribution in [0, 0.1) is 0 Å². The number of hydrogen-bond acceptors (Lipinski definition) is 2. The van der Waals surface area contributed by atoms with E-state index in [1.54, 1.807) is 12.1 Å². The van der Waals surface area contributed by atoms with Gasteiger partial charge >= 0.3 is 0 Å². The Morgan fingerprint density at radius 1 is 1.42 bits per heavy atom. The maximum Gasteiger partial charge on any atom is 0.153 e. The first-order valence-corrected chi connectivity index (χ1v) is 5.14. The van der Waals surface area contributed by atoms with E-state index in [1.807, 2.05) is 12.1 Å². The van der Waals surface area contributed by atoms with Gasteiger partial charge in [-0.15, -0.1) is 0 Å². The maximum absolute atomic E-state index is 10.5. The fourth-order valence-corrected chi connectivity index (χ4v) is 1.08. The predicted molar refractivity (Wildman–Crippen MR) is 56.2 cm³/mol. The second-order valence-electron chi connectivity index (χ2n) is 2.19. The number of alkyl halides is 1. The fourth-order valence-electron chi connectivity index (χ4n) is 0.858. The van der Waals surface area contributed by atoms with Gasteiger partial charge in [-0.2, -0.15) is 0 Å². The summed E-state index contributed by atoms with van der Waals surface area (Å²) in [4.78, 5) is 10.5. The first-order valence-electron chi connectivity index (χ1n) is 3.61. The second-order valence-corrected chi connectivity index (χ2v) is 3.27. The number of rotatable bonds is 4. The molecule has 0 atom stereocenters. The van der Waals surface area contributed by atoms with Crippen molar-refractivity contribution in [2.75, 3.05) is 11.0 Å². The molecule has 0 saturated carbocycles. The third-order valence-electron chi connectivity index (χ3n) is 1.38. The quantitative estimate of drug-likeness (QED) is 0.479. The number of ether oxygens (including phenoxy) is 1. The van der Waals surface area contributed by atoms with Gasteiger partial charge in [0.15, 0.2) is 6.29 Å². The van der Waals surface area contributed by atoms with E-state index in [2.05, 4.69) is 22.6 Å². The Hall–Kier alpha value is -0.580. The van der Waals surface area contributed by atoms with Crippen molar-refractivity contribution >= 4 is 28.9 Å². The normalized spacial score (nSPS) is 9.42. The number of carbonyl (C=O) groups excluding carboxylic acids is 1. The van der Waals surface area contributed by atoms with Crippen LogP contribution in [0.3, 0.4) is 0 Å². The largest absolute Gasteiger partial charge is 0.492 e. The molecule has 2 nitrogen and oxygen atoms in total. The molecule has 0 fully saturated rings. The third kappa shape index (κ3) is 2.48. The highest BCUT2D eigenvalue weighted by Gasteiger charge is 1.99. The Morgan fingerprint density at radius 3 is 2.83 bits per heavy atom. The van der Waals surface area contributed by atoms with Crippen LogP contribution in [0.2, 0.25) is 0 Å². The molecule has 12 heavy (non-hydrogen) atoms. The van der Waals surface area contributed by atoms with Crippen molar-refractivity contribution < 1.29 is 9.53 Å². The summed E-state index contributed by atoms with van der Waals surface area (Å²) in [6.45, 7) is 0.644. The number of hydrogen-bond donors (Lipinski definition) is 0. The van der Waals surface area contributed by atoms with Crippen molar-refractivity contribution in [2.24, 2.45) is 0 Å². The van der Waals surface area contributed by atoms with Crippen molar-refractivity contribution in [3.8, 4) is 5.75 Å². The Kier molecular flexibility index (Phi) is 4.07. The molecule has 0 N–H and O–H groups in total. The zero-order chi connectivity index (χ0) is 8.81. The van der Waals surface area contributed by atoms with Crippen molar-refractivity contribution in [3.05, 3.63) is 29.8 Å². The molecule has 64 valence electrons. The van der Waals surface area contributed by atoms with Gasteiger partial charge in [-0.25, -0.2) is 0 Å². The molecule has 3 heteroatoms. The van der Waals surface area contributed by atoms with Crippen molar-refractivity contribution in [1.29, 1.82) is 0 Å². The average molecular weight is 276 g/mol. The lowest BCUT2D eigenvalue weighted by atomic mass is 10.2. The van der Waals surface area contributed by atoms with Gasteiger partial charge in [-0.1, -0.05) is 34.7 Å². The van der Waals surface area contributed by atoms with Crippen molar-refractivity contribution in [2.45, 2.75) is 0 Å². The van der Waals surface area contributed by atoms with E-state index in [1.165, 1.54) is 0 Å². The summed E-state index contributed by atoms with van der Waals surface area (Å²) in [6, 6.07) is 7.22. The Morgan fingerprint density at radius 2 is 2.17 bits per heavy atom. The van der Waals surface area contributed by atoms with Crippen LogP contribution in [0.4, 0.5) is 0 Å². The summed E-state index contributed by atoms with van der Waals surface area (Å²) in [5.41, 5.74) is 0.613. The minimum absolute atomic E-state index is 0.613. The highest BCUT2D eigenvalue weighted by atomic mass is 127. The first-order chi connectivity index (χ1) is 5.88. The van der Waals surface area contributed by atoms with E-state index in [4.69, 9.17) is 4.74 Å². The van der Waals surface area contributed by atoms with Crippen molar-refractivity contribution in [3.63, 3.8) is 0 Å². The summed E-state index contributed by atoms with van der Waals surface area (Å²) in [5, 5.41) is 0. The third-order valence-corrected chi connectivity index (χ3v) is 1.82. The van der Waals surface area contributed by atoms with Gasteiger partial charge in [0, 0.05) is 4.43 Å². The molecule has 0 aliphatic carbocycles. The maximum atomic E-state index is 10.5. The van der Waals surface area contributed by atoms with Gasteiger partial charge in [0.1, 0.15) is 5.75 Å². The van der Waals surface area contributed by atoms with E-state index in [0.717, 1.165) is 10.7 Å². The molecule has 0 saturated heterocycles. The summed E-state index contributed by atoms with van der Waals surface area (Å²) < 4.78 is 6.26. The number of aldehydes is 1. The lowest BCUT2D eigenvalue weighted by Crippen LogP contribution is -1.99. The minimum atomic E-state index is 0.613. The topological polar surface area (TPSA) is 26.3 Å². The monoisotopic (exact) mass is 276 g/mol. The fraction of sp³-hybridized carbons (Fsp3) is 0.222. The SMILES string of the molecule is O=Cc1ccccc1OCCI. The molecule has 1 aromatic rings. The molecule has 0 amide bonds.